The van der Waals surface area contributed by atoms with Crippen molar-refractivity contribution < 1.29 is 14.3 Å². The molecule has 26 heavy (non-hydrogen) atoms. The van der Waals surface area contributed by atoms with E-state index in [2.05, 4.69) is 5.32 Å². The normalized spacial score (nSPS) is 13.6. The first-order chi connectivity index (χ1) is 12.7. The van der Waals surface area contributed by atoms with Gasteiger partial charge in [0, 0.05) is 18.0 Å². The summed E-state index contributed by atoms with van der Waals surface area (Å²) in [5, 5.41) is 3.78. The molecule has 1 aliphatic rings. The first-order valence-corrected chi connectivity index (χ1v) is 8.74. The number of nitrogens with one attached hydrogen (secondary N) is 1. The van der Waals surface area contributed by atoms with Crippen molar-refractivity contribution in [3.8, 4) is 5.75 Å². The number of aromatic nitrogens is 1. The van der Waals surface area contributed by atoms with Crippen molar-refractivity contribution in [2.45, 2.75) is 12.8 Å². The Morgan fingerprint density at radius 1 is 1.23 bits per heavy atom. The van der Waals surface area contributed by atoms with Crippen molar-refractivity contribution in [3.05, 3.63) is 59.8 Å². The number of rotatable bonds is 6. The summed E-state index contributed by atoms with van der Waals surface area (Å²) in [4.78, 5) is 23.9. The number of ether oxygens (including phenoxy) is 1. The van der Waals surface area contributed by atoms with E-state index in [4.69, 9.17) is 4.74 Å². The summed E-state index contributed by atoms with van der Waals surface area (Å²) in [5.41, 5.74) is 2.68. The molecule has 0 radical (unpaired) electrons. The van der Waals surface area contributed by atoms with E-state index in [1.807, 2.05) is 48.0 Å². The van der Waals surface area contributed by atoms with Crippen LogP contribution < -0.4 is 10.1 Å². The molecule has 0 saturated heterocycles. The zero-order chi connectivity index (χ0) is 18.1. The molecule has 1 saturated carbocycles. The van der Waals surface area contributed by atoms with Gasteiger partial charge in [-0.25, -0.2) is 0 Å². The second kappa shape index (κ2) is 6.67. The van der Waals surface area contributed by atoms with Crippen LogP contribution in [0.1, 0.15) is 33.7 Å². The van der Waals surface area contributed by atoms with E-state index in [9.17, 15) is 9.59 Å². The third kappa shape index (κ3) is 3.08. The van der Waals surface area contributed by atoms with Crippen molar-refractivity contribution in [3.63, 3.8) is 0 Å². The Kier molecular flexibility index (Phi) is 4.21. The van der Waals surface area contributed by atoms with Crippen molar-refractivity contribution in [2.24, 2.45) is 13.0 Å². The van der Waals surface area contributed by atoms with Crippen LogP contribution in [0.5, 0.6) is 5.75 Å². The summed E-state index contributed by atoms with van der Waals surface area (Å²) in [6.07, 6.45) is 3.18. The van der Waals surface area contributed by atoms with Gasteiger partial charge in [0.15, 0.2) is 12.0 Å². The van der Waals surface area contributed by atoms with Gasteiger partial charge in [-0.15, -0.1) is 0 Å². The Hall–Kier alpha value is -3.08. The quantitative estimate of drug-likeness (QED) is 0.684. The summed E-state index contributed by atoms with van der Waals surface area (Å²) in [5.74, 6) is 1.02. The fourth-order valence-electron chi connectivity index (χ4n) is 3.04. The molecule has 0 atom stereocenters. The number of carbonyl (C=O) groups is 2. The van der Waals surface area contributed by atoms with Crippen molar-refractivity contribution in [1.29, 1.82) is 0 Å². The van der Waals surface area contributed by atoms with Gasteiger partial charge in [-0.1, -0.05) is 18.2 Å². The average Bonchev–Trinajstić information content (AvgIpc) is 3.44. The fourth-order valence-corrected chi connectivity index (χ4v) is 3.04. The number of hydrogen-bond acceptors (Lipinski definition) is 3. The van der Waals surface area contributed by atoms with Crippen LogP contribution in [0.2, 0.25) is 0 Å². The highest BCUT2D eigenvalue weighted by Crippen LogP contribution is 2.38. The van der Waals surface area contributed by atoms with E-state index in [0.29, 0.717) is 35.2 Å². The van der Waals surface area contributed by atoms with Crippen LogP contribution in [0.15, 0.2) is 48.5 Å². The summed E-state index contributed by atoms with van der Waals surface area (Å²) >= 11 is 0. The monoisotopic (exact) mass is 348 g/mol. The SMILES string of the molecule is Cn1c(C=O)cc2c(OCC3CC3)c(NC(=O)c3ccccc3)ccc21. The Bertz CT molecular complexity index is 972. The number of aryl methyl sites for hydroxylation is 1. The second-order valence-corrected chi connectivity index (χ2v) is 6.70. The Morgan fingerprint density at radius 3 is 2.69 bits per heavy atom. The van der Waals surface area contributed by atoms with E-state index < -0.39 is 0 Å². The maximum atomic E-state index is 12.6. The minimum atomic E-state index is -0.187. The Balaban J connectivity index is 1.73. The van der Waals surface area contributed by atoms with Gasteiger partial charge in [0.25, 0.3) is 5.91 Å². The zero-order valence-corrected chi connectivity index (χ0v) is 14.6. The predicted molar refractivity (Wildman–Crippen MR) is 101 cm³/mol. The first-order valence-electron chi connectivity index (χ1n) is 8.74. The molecule has 132 valence electrons. The van der Waals surface area contributed by atoms with Crippen LogP contribution in [0.25, 0.3) is 10.9 Å². The summed E-state index contributed by atoms with van der Waals surface area (Å²) < 4.78 is 7.91. The molecule has 5 heteroatoms. The van der Waals surface area contributed by atoms with Gasteiger partial charge in [-0.3, -0.25) is 9.59 Å². The minimum absolute atomic E-state index is 0.187. The molecule has 1 N–H and O–H groups in total. The molecule has 1 amide bonds. The van der Waals surface area contributed by atoms with Crippen LogP contribution >= 0.6 is 0 Å². The number of anilines is 1. The number of carbonyl (C=O) groups excluding carboxylic acids is 2. The smallest absolute Gasteiger partial charge is 0.255 e. The van der Waals surface area contributed by atoms with Crippen LogP contribution in [0.3, 0.4) is 0 Å². The predicted octanol–water partition coefficient (Wildman–Crippen LogP) is 4.03. The highest BCUT2D eigenvalue weighted by atomic mass is 16.5. The largest absolute Gasteiger partial charge is 0.490 e. The fraction of sp³-hybridized carbons (Fsp3) is 0.238. The molecule has 1 heterocycles. The van der Waals surface area contributed by atoms with E-state index in [1.165, 1.54) is 12.8 Å². The molecule has 2 aromatic carbocycles. The van der Waals surface area contributed by atoms with Gasteiger partial charge >= 0.3 is 0 Å². The molecule has 0 aliphatic heterocycles. The molecule has 1 aliphatic carbocycles. The second-order valence-electron chi connectivity index (χ2n) is 6.70. The van der Waals surface area contributed by atoms with Gasteiger partial charge in [0.1, 0.15) is 0 Å². The van der Waals surface area contributed by atoms with E-state index in [0.717, 1.165) is 17.2 Å². The Morgan fingerprint density at radius 2 is 2.00 bits per heavy atom. The van der Waals surface area contributed by atoms with E-state index in [1.54, 1.807) is 12.1 Å². The lowest BCUT2D eigenvalue weighted by molar-refractivity contribution is 0.102. The molecule has 0 spiro atoms. The molecule has 4 rings (SSSR count). The number of hydrogen-bond donors (Lipinski definition) is 1. The van der Waals surface area contributed by atoms with Crippen LogP contribution in [-0.4, -0.2) is 23.4 Å². The number of amides is 1. The average molecular weight is 348 g/mol. The van der Waals surface area contributed by atoms with Crippen molar-refractivity contribution in [1.82, 2.24) is 4.57 Å². The molecule has 1 aromatic heterocycles. The van der Waals surface area contributed by atoms with Crippen LogP contribution in [0.4, 0.5) is 5.69 Å². The van der Waals surface area contributed by atoms with Gasteiger partial charge in [-0.2, -0.15) is 0 Å². The lowest BCUT2D eigenvalue weighted by atomic mass is 10.1. The van der Waals surface area contributed by atoms with Gasteiger partial charge in [-0.05, 0) is 49.1 Å². The highest BCUT2D eigenvalue weighted by molar-refractivity contribution is 6.07. The van der Waals surface area contributed by atoms with Gasteiger partial charge < -0.3 is 14.6 Å². The van der Waals surface area contributed by atoms with Crippen LogP contribution in [-0.2, 0) is 7.05 Å². The number of fused-ring (bicyclic) bond motifs is 1. The molecule has 3 aromatic rings. The number of nitrogens with zero attached hydrogens (tertiary/aromatic N) is 1. The third-order valence-corrected chi connectivity index (χ3v) is 4.78. The molecular weight excluding hydrogens is 328 g/mol. The minimum Gasteiger partial charge on any atom is -0.490 e. The maximum absolute atomic E-state index is 12.6. The first kappa shape index (κ1) is 16.4. The van der Waals surface area contributed by atoms with Crippen molar-refractivity contribution >= 4 is 28.8 Å². The molecular formula is C21H20N2O3. The van der Waals surface area contributed by atoms with Gasteiger partial charge in [0.2, 0.25) is 0 Å². The summed E-state index contributed by atoms with van der Waals surface area (Å²) in [7, 11) is 1.85. The zero-order valence-electron chi connectivity index (χ0n) is 14.6. The van der Waals surface area contributed by atoms with Crippen molar-refractivity contribution in [2.75, 3.05) is 11.9 Å². The van der Waals surface area contributed by atoms with E-state index >= 15 is 0 Å². The standard InChI is InChI=1S/C21H20N2O3/c1-23-16(12-24)11-17-19(23)10-9-18(20(17)26-13-14-7-8-14)22-21(25)15-5-3-2-4-6-15/h2-6,9-12,14H,7-8,13H2,1H3,(H,22,25). The lowest BCUT2D eigenvalue weighted by Gasteiger charge is -2.14. The molecule has 0 unspecified atom stereocenters. The lowest BCUT2D eigenvalue weighted by Crippen LogP contribution is -2.13. The van der Waals surface area contributed by atoms with Gasteiger partial charge in [0.05, 0.1) is 23.5 Å². The molecule has 5 nitrogen and oxygen atoms in total. The Labute approximate surface area is 151 Å². The highest BCUT2D eigenvalue weighted by Gasteiger charge is 2.24. The maximum Gasteiger partial charge on any atom is 0.255 e. The third-order valence-electron chi connectivity index (χ3n) is 4.78. The molecule has 1 fully saturated rings. The number of benzene rings is 2. The number of aldehydes is 1. The molecule has 0 bridgehead atoms. The summed E-state index contributed by atoms with van der Waals surface area (Å²) in [6.45, 7) is 0.624. The van der Waals surface area contributed by atoms with E-state index in [-0.39, 0.29) is 5.91 Å². The topological polar surface area (TPSA) is 60.3 Å². The van der Waals surface area contributed by atoms with Crippen LogP contribution in [0, 0.1) is 5.92 Å². The summed E-state index contributed by atoms with van der Waals surface area (Å²) in [6, 6.07) is 14.6.